The lowest BCUT2D eigenvalue weighted by Gasteiger charge is -2.13. The zero-order chi connectivity index (χ0) is 12.8. The molecule has 0 radical (unpaired) electrons. The SMILES string of the molecule is CCOC(CC)C(=O)Cc1cc(Br)ccc1F. The van der Waals surface area contributed by atoms with Crippen molar-refractivity contribution in [2.75, 3.05) is 6.61 Å². The summed E-state index contributed by atoms with van der Waals surface area (Å²) in [6.45, 7) is 4.22. The molecule has 0 fully saturated rings. The second kappa shape index (κ2) is 6.87. The maximum Gasteiger partial charge on any atom is 0.165 e. The molecule has 0 aliphatic carbocycles. The topological polar surface area (TPSA) is 26.3 Å². The minimum atomic E-state index is -0.432. The molecule has 4 heteroatoms. The van der Waals surface area contributed by atoms with Gasteiger partial charge in [-0.3, -0.25) is 4.79 Å². The predicted molar refractivity (Wildman–Crippen MR) is 68.5 cm³/mol. The number of carbonyl (C=O) groups is 1. The Kier molecular flexibility index (Phi) is 5.78. The maximum absolute atomic E-state index is 13.5. The highest BCUT2D eigenvalue weighted by molar-refractivity contribution is 9.10. The quantitative estimate of drug-likeness (QED) is 0.804. The number of ketones is 1. The van der Waals surface area contributed by atoms with E-state index in [-0.39, 0.29) is 18.0 Å². The van der Waals surface area contributed by atoms with Crippen molar-refractivity contribution in [1.82, 2.24) is 0 Å². The molecule has 0 amide bonds. The molecule has 0 saturated carbocycles. The normalized spacial score (nSPS) is 12.5. The average Bonchev–Trinajstić information content (AvgIpc) is 2.30. The van der Waals surface area contributed by atoms with E-state index in [4.69, 9.17) is 4.74 Å². The Balaban J connectivity index is 2.76. The fourth-order valence-electron chi connectivity index (χ4n) is 1.62. The molecule has 0 bridgehead atoms. The molecule has 2 nitrogen and oxygen atoms in total. The van der Waals surface area contributed by atoms with Gasteiger partial charge < -0.3 is 4.74 Å². The second-order valence-electron chi connectivity index (χ2n) is 3.73. The zero-order valence-corrected chi connectivity index (χ0v) is 11.6. The van der Waals surface area contributed by atoms with Crippen LogP contribution in [0.25, 0.3) is 0 Å². The minimum absolute atomic E-state index is 0.0732. The Bertz CT molecular complexity index is 393. The van der Waals surface area contributed by atoms with E-state index < -0.39 is 6.10 Å². The Morgan fingerprint density at radius 3 is 2.76 bits per heavy atom. The van der Waals surface area contributed by atoms with Crippen molar-refractivity contribution in [3.8, 4) is 0 Å². The number of ether oxygens (including phenoxy) is 1. The third-order valence-electron chi connectivity index (χ3n) is 2.47. The van der Waals surface area contributed by atoms with Gasteiger partial charge in [0.15, 0.2) is 5.78 Å². The van der Waals surface area contributed by atoms with Crippen LogP contribution in [0.15, 0.2) is 22.7 Å². The first kappa shape index (κ1) is 14.3. The van der Waals surface area contributed by atoms with E-state index in [1.165, 1.54) is 6.07 Å². The molecule has 0 spiro atoms. The van der Waals surface area contributed by atoms with Crippen LogP contribution in [0, 0.1) is 5.82 Å². The van der Waals surface area contributed by atoms with E-state index in [0.29, 0.717) is 18.6 Å². The van der Waals surface area contributed by atoms with Gasteiger partial charge in [-0.2, -0.15) is 0 Å². The monoisotopic (exact) mass is 302 g/mol. The van der Waals surface area contributed by atoms with Crippen molar-refractivity contribution >= 4 is 21.7 Å². The molecule has 0 heterocycles. The standard InChI is InChI=1S/C13H16BrFO2/c1-3-13(17-4-2)12(16)8-9-7-10(14)5-6-11(9)15/h5-7,13H,3-4,8H2,1-2H3. The Labute approximate surface area is 109 Å². The Morgan fingerprint density at radius 2 is 2.18 bits per heavy atom. The average molecular weight is 303 g/mol. The van der Waals surface area contributed by atoms with Crippen molar-refractivity contribution < 1.29 is 13.9 Å². The molecule has 0 aromatic heterocycles. The van der Waals surface area contributed by atoms with E-state index >= 15 is 0 Å². The Hall–Kier alpha value is -0.740. The molecule has 1 atom stereocenters. The number of halogens is 2. The van der Waals surface area contributed by atoms with Gasteiger partial charge in [-0.05, 0) is 37.1 Å². The minimum Gasteiger partial charge on any atom is -0.371 e. The summed E-state index contributed by atoms with van der Waals surface area (Å²) in [4.78, 5) is 11.9. The lowest BCUT2D eigenvalue weighted by Crippen LogP contribution is -2.25. The first-order valence-corrected chi connectivity index (χ1v) is 6.46. The number of benzene rings is 1. The van der Waals surface area contributed by atoms with Crippen LogP contribution in [-0.4, -0.2) is 18.5 Å². The van der Waals surface area contributed by atoms with Crippen molar-refractivity contribution in [2.24, 2.45) is 0 Å². The molecule has 0 aliphatic rings. The molecule has 0 N–H and O–H groups in total. The summed E-state index contributed by atoms with van der Waals surface area (Å²) in [5, 5.41) is 0. The summed E-state index contributed by atoms with van der Waals surface area (Å²) in [5.74, 6) is -0.431. The van der Waals surface area contributed by atoms with Gasteiger partial charge in [-0.15, -0.1) is 0 Å². The van der Waals surface area contributed by atoms with E-state index in [1.807, 2.05) is 13.8 Å². The highest BCUT2D eigenvalue weighted by Gasteiger charge is 2.18. The highest BCUT2D eigenvalue weighted by Crippen LogP contribution is 2.17. The van der Waals surface area contributed by atoms with E-state index in [0.717, 1.165) is 4.47 Å². The van der Waals surface area contributed by atoms with Crippen molar-refractivity contribution in [1.29, 1.82) is 0 Å². The number of hydrogen-bond acceptors (Lipinski definition) is 2. The van der Waals surface area contributed by atoms with Gasteiger partial charge in [0.05, 0.1) is 0 Å². The van der Waals surface area contributed by atoms with E-state index in [9.17, 15) is 9.18 Å². The second-order valence-corrected chi connectivity index (χ2v) is 4.65. The van der Waals surface area contributed by atoms with E-state index in [2.05, 4.69) is 15.9 Å². The molecule has 0 saturated heterocycles. The van der Waals surface area contributed by atoms with Crippen LogP contribution in [0.5, 0.6) is 0 Å². The van der Waals surface area contributed by atoms with Crippen molar-refractivity contribution in [2.45, 2.75) is 32.8 Å². The van der Waals surface area contributed by atoms with Gasteiger partial charge in [-0.25, -0.2) is 4.39 Å². The molecular formula is C13H16BrFO2. The maximum atomic E-state index is 13.5. The number of rotatable bonds is 6. The van der Waals surface area contributed by atoms with Crippen molar-refractivity contribution in [3.63, 3.8) is 0 Å². The summed E-state index contributed by atoms with van der Waals surface area (Å²) >= 11 is 3.26. The number of Topliss-reactive ketones (excluding diaryl/α,β-unsaturated/α-hetero) is 1. The molecule has 94 valence electrons. The summed E-state index contributed by atoms with van der Waals surface area (Å²) in [5.41, 5.74) is 0.405. The summed E-state index contributed by atoms with van der Waals surface area (Å²) in [6, 6.07) is 4.60. The fraction of sp³-hybridized carbons (Fsp3) is 0.462. The third kappa shape index (κ3) is 4.21. The largest absolute Gasteiger partial charge is 0.371 e. The molecule has 17 heavy (non-hydrogen) atoms. The van der Waals surface area contributed by atoms with Gasteiger partial charge >= 0.3 is 0 Å². The van der Waals surface area contributed by atoms with Crippen molar-refractivity contribution in [3.05, 3.63) is 34.1 Å². The van der Waals surface area contributed by atoms with Crippen LogP contribution in [0.1, 0.15) is 25.8 Å². The first-order valence-electron chi connectivity index (χ1n) is 5.66. The van der Waals surface area contributed by atoms with Crippen LogP contribution < -0.4 is 0 Å². The number of carbonyl (C=O) groups excluding carboxylic acids is 1. The lowest BCUT2D eigenvalue weighted by atomic mass is 10.0. The molecule has 1 unspecified atom stereocenters. The highest BCUT2D eigenvalue weighted by atomic mass is 79.9. The molecule has 1 rings (SSSR count). The molecule has 1 aromatic carbocycles. The molecule has 0 aliphatic heterocycles. The van der Waals surface area contributed by atoms with Gasteiger partial charge in [0, 0.05) is 17.5 Å². The third-order valence-corrected chi connectivity index (χ3v) is 2.96. The smallest absolute Gasteiger partial charge is 0.165 e. The van der Waals surface area contributed by atoms with Crippen LogP contribution in [0.3, 0.4) is 0 Å². The Morgan fingerprint density at radius 1 is 1.47 bits per heavy atom. The fourth-order valence-corrected chi connectivity index (χ4v) is 2.03. The van der Waals surface area contributed by atoms with Gasteiger partial charge in [0.1, 0.15) is 11.9 Å². The van der Waals surface area contributed by atoms with Crippen LogP contribution in [0.4, 0.5) is 4.39 Å². The van der Waals surface area contributed by atoms with Crippen LogP contribution in [-0.2, 0) is 16.0 Å². The van der Waals surface area contributed by atoms with E-state index in [1.54, 1.807) is 12.1 Å². The zero-order valence-electron chi connectivity index (χ0n) is 10.0. The summed E-state index contributed by atoms with van der Waals surface area (Å²) < 4.78 is 19.6. The van der Waals surface area contributed by atoms with Gasteiger partial charge in [0.2, 0.25) is 0 Å². The first-order chi connectivity index (χ1) is 8.08. The van der Waals surface area contributed by atoms with Crippen LogP contribution in [0.2, 0.25) is 0 Å². The van der Waals surface area contributed by atoms with Gasteiger partial charge in [-0.1, -0.05) is 22.9 Å². The lowest BCUT2D eigenvalue weighted by molar-refractivity contribution is -0.129. The van der Waals surface area contributed by atoms with Crippen LogP contribution >= 0.6 is 15.9 Å². The summed E-state index contributed by atoms with van der Waals surface area (Å²) in [6.07, 6.45) is 0.255. The summed E-state index contributed by atoms with van der Waals surface area (Å²) in [7, 11) is 0. The number of hydrogen-bond donors (Lipinski definition) is 0. The predicted octanol–water partition coefficient (Wildman–Crippen LogP) is 3.51. The molecule has 1 aromatic rings. The van der Waals surface area contributed by atoms with Gasteiger partial charge in [0.25, 0.3) is 0 Å². The molecular weight excluding hydrogens is 287 g/mol.